The van der Waals surface area contributed by atoms with E-state index in [9.17, 15) is 4.79 Å². The van der Waals surface area contributed by atoms with Gasteiger partial charge in [-0.15, -0.1) is 0 Å². The van der Waals surface area contributed by atoms with Gasteiger partial charge in [0, 0.05) is 25.4 Å². The summed E-state index contributed by atoms with van der Waals surface area (Å²) in [4.78, 5) is 15.5. The summed E-state index contributed by atoms with van der Waals surface area (Å²) in [6.45, 7) is 2.39. The van der Waals surface area contributed by atoms with Crippen LogP contribution in [0.3, 0.4) is 0 Å². The number of nitrogens with zero attached hydrogens (tertiary/aromatic N) is 1. The molecule has 0 bridgehead atoms. The van der Waals surface area contributed by atoms with E-state index < -0.39 is 0 Å². The van der Waals surface area contributed by atoms with Crippen molar-refractivity contribution in [2.24, 2.45) is 0 Å². The predicted molar refractivity (Wildman–Crippen MR) is 60.7 cm³/mol. The van der Waals surface area contributed by atoms with E-state index in [-0.39, 0.29) is 12.0 Å². The van der Waals surface area contributed by atoms with Gasteiger partial charge in [0.25, 0.3) is 5.91 Å². The molecule has 0 radical (unpaired) electrons. The third kappa shape index (κ3) is 3.97. The van der Waals surface area contributed by atoms with Crippen LogP contribution in [-0.4, -0.2) is 30.6 Å². The molecule has 1 aromatic heterocycles. The molecular weight excluding hydrogens is 260 g/mol. The molecule has 0 saturated heterocycles. The van der Waals surface area contributed by atoms with E-state index in [1.165, 1.54) is 0 Å². The lowest BCUT2D eigenvalue weighted by atomic mass is 10.2. The molecule has 82 valence electrons. The monoisotopic (exact) mass is 272 g/mol. The fourth-order valence-corrected chi connectivity index (χ4v) is 1.33. The second-order valence-corrected chi connectivity index (χ2v) is 3.94. The van der Waals surface area contributed by atoms with E-state index in [4.69, 9.17) is 4.74 Å². The maximum Gasteiger partial charge on any atom is 0.251 e. The van der Waals surface area contributed by atoms with Gasteiger partial charge in [0.05, 0.1) is 6.10 Å². The minimum absolute atomic E-state index is 0.0132. The molecule has 15 heavy (non-hydrogen) atoms. The molecule has 0 fully saturated rings. The van der Waals surface area contributed by atoms with Gasteiger partial charge in [0.1, 0.15) is 4.60 Å². The number of rotatable bonds is 4. The van der Waals surface area contributed by atoms with Gasteiger partial charge < -0.3 is 10.1 Å². The number of nitrogens with one attached hydrogen (secondary N) is 1. The molecule has 1 atom stereocenters. The standard InChI is InChI=1S/C10H13BrN2O2/c1-7(15-2)6-13-10(14)8-3-4-12-9(11)5-8/h3-5,7H,6H2,1-2H3,(H,13,14). The third-order valence-electron chi connectivity index (χ3n) is 1.94. The number of carbonyl (C=O) groups is 1. The number of hydrogen-bond acceptors (Lipinski definition) is 3. The van der Waals surface area contributed by atoms with Crippen molar-refractivity contribution in [3.8, 4) is 0 Å². The molecule has 1 amide bonds. The summed E-state index contributed by atoms with van der Waals surface area (Å²) in [7, 11) is 1.61. The quantitative estimate of drug-likeness (QED) is 0.848. The van der Waals surface area contributed by atoms with Crippen LogP contribution >= 0.6 is 15.9 Å². The lowest BCUT2D eigenvalue weighted by Crippen LogP contribution is -2.31. The molecule has 0 saturated carbocycles. The summed E-state index contributed by atoms with van der Waals surface area (Å²) in [6.07, 6.45) is 1.60. The Kier molecular flexibility index (Phi) is 4.71. The van der Waals surface area contributed by atoms with Gasteiger partial charge in [-0.3, -0.25) is 4.79 Å². The summed E-state index contributed by atoms with van der Waals surface area (Å²) < 4.78 is 5.67. The van der Waals surface area contributed by atoms with Crippen LogP contribution in [0.1, 0.15) is 17.3 Å². The molecule has 0 aromatic carbocycles. The highest BCUT2D eigenvalue weighted by atomic mass is 79.9. The Hall–Kier alpha value is -0.940. The predicted octanol–water partition coefficient (Wildman–Crippen LogP) is 1.61. The van der Waals surface area contributed by atoms with Crippen molar-refractivity contribution in [3.05, 3.63) is 28.5 Å². The van der Waals surface area contributed by atoms with Gasteiger partial charge in [-0.05, 0) is 35.0 Å². The smallest absolute Gasteiger partial charge is 0.251 e. The van der Waals surface area contributed by atoms with Crippen LogP contribution in [0, 0.1) is 0 Å². The Labute approximate surface area is 97.2 Å². The average Bonchev–Trinajstić information content (AvgIpc) is 2.25. The highest BCUT2D eigenvalue weighted by Gasteiger charge is 2.07. The molecule has 5 heteroatoms. The zero-order valence-electron chi connectivity index (χ0n) is 8.66. The fourth-order valence-electron chi connectivity index (χ4n) is 0.966. The molecule has 0 aliphatic heterocycles. The fraction of sp³-hybridized carbons (Fsp3) is 0.400. The molecule has 0 spiro atoms. The minimum atomic E-state index is -0.123. The second kappa shape index (κ2) is 5.82. The number of pyridine rings is 1. The minimum Gasteiger partial charge on any atom is -0.380 e. The van der Waals surface area contributed by atoms with Crippen LogP contribution < -0.4 is 5.32 Å². The van der Waals surface area contributed by atoms with E-state index in [1.807, 2.05) is 6.92 Å². The van der Waals surface area contributed by atoms with Crippen LogP contribution in [0.5, 0.6) is 0 Å². The van der Waals surface area contributed by atoms with Crippen LogP contribution in [0.4, 0.5) is 0 Å². The lowest BCUT2D eigenvalue weighted by molar-refractivity contribution is 0.0870. The van der Waals surface area contributed by atoms with Crippen molar-refractivity contribution < 1.29 is 9.53 Å². The lowest BCUT2D eigenvalue weighted by Gasteiger charge is -2.10. The first-order valence-corrected chi connectivity index (χ1v) is 5.35. The van der Waals surface area contributed by atoms with Crippen LogP contribution in [0.15, 0.2) is 22.9 Å². The van der Waals surface area contributed by atoms with Crippen molar-refractivity contribution in [2.45, 2.75) is 13.0 Å². The van der Waals surface area contributed by atoms with E-state index in [2.05, 4.69) is 26.2 Å². The average molecular weight is 273 g/mol. The SMILES string of the molecule is COC(C)CNC(=O)c1ccnc(Br)c1. The Morgan fingerprint density at radius 1 is 1.73 bits per heavy atom. The van der Waals surface area contributed by atoms with Crippen molar-refractivity contribution in [1.82, 2.24) is 10.3 Å². The van der Waals surface area contributed by atoms with E-state index >= 15 is 0 Å². The van der Waals surface area contributed by atoms with E-state index in [1.54, 1.807) is 25.4 Å². The number of hydrogen-bond donors (Lipinski definition) is 1. The van der Waals surface area contributed by atoms with Gasteiger partial charge in [-0.1, -0.05) is 0 Å². The molecular formula is C10H13BrN2O2. The number of carbonyl (C=O) groups excluding carboxylic acids is 1. The Bertz CT molecular complexity index is 344. The Morgan fingerprint density at radius 3 is 3.07 bits per heavy atom. The highest BCUT2D eigenvalue weighted by Crippen LogP contribution is 2.07. The normalized spacial score (nSPS) is 12.2. The molecule has 1 aromatic rings. The first-order chi connectivity index (χ1) is 7.13. The van der Waals surface area contributed by atoms with Crippen LogP contribution in [-0.2, 0) is 4.74 Å². The van der Waals surface area contributed by atoms with Crippen LogP contribution in [0.2, 0.25) is 0 Å². The topological polar surface area (TPSA) is 51.2 Å². The zero-order valence-corrected chi connectivity index (χ0v) is 10.2. The van der Waals surface area contributed by atoms with Gasteiger partial charge >= 0.3 is 0 Å². The molecule has 0 aliphatic carbocycles. The number of amides is 1. The van der Waals surface area contributed by atoms with Gasteiger partial charge in [-0.2, -0.15) is 0 Å². The molecule has 0 aliphatic rings. The van der Waals surface area contributed by atoms with Crippen molar-refractivity contribution in [1.29, 1.82) is 0 Å². The molecule has 1 rings (SSSR count). The van der Waals surface area contributed by atoms with Crippen LogP contribution in [0.25, 0.3) is 0 Å². The van der Waals surface area contributed by atoms with E-state index in [0.29, 0.717) is 16.7 Å². The van der Waals surface area contributed by atoms with Gasteiger partial charge in [-0.25, -0.2) is 4.98 Å². The highest BCUT2D eigenvalue weighted by molar-refractivity contribution is 9.10. The summed E-state index contributed by atoms with van der Waals surface area (Å²) in [5, 5.41) is 2.76. The van der Waals surface area contributed by atoms with Crippen molar-refractivity contribution >= 4 is 21.8 Å². The van der Waals surface area contributed by atoms with E-state index in [0.717, 1.165) is 0 Å². The largest absolute Gasteiger partial charge is 0.380 e. The number of methoxy groups -OCH3 is 1. The summed E-state index contributed by atoms with van der Waals surface area (Å²) in [5.74, 6) is -0.123. The number of halogens is 1. The Balaban J connectivity index is 2.54. The summed E-state index contributed by atoms with van der Waals surface area (Å²) in [6, 6.07) is 3.34. The van der Waals surface area contributed by atoms with Crippen molar-refractivity contribution in [2.75, 3.05) is 13.7 Å². The maximum atomic E-state index is 11.6. The first-order valence-electron chi connectivity index (χ1n) is 4.56. The van der Waals surface area contributed by atoms with Gasteiger partial charge in [0.2, 0.25) is 0 Å². The number of aromatic nitrogens is 1. The number of ether oxygens (including phenoxy) is 1. The summed E-state index contributed by atoms with van der Waals surface area (Å²) in [5.41, 5.74) is 0.583. The van der Waals surface area contributed by atoms with Gasteiger partial charge in [0.15, 0.2) is 0 Å². The first kappa shape index (κ1) is 12.1. The summed E-state index contributed by atoms with van der Waals surface area (Å²) >= 11 is 3.21. The maximum absolute atomic E-state index is 11.6. The molecule has 1 N–H and O–H groups in total. The molecule has 1 unspecified atom stereocenters. The molecule has 1 heterocycles. The Morgan fingerprint density at radius 2 is 2.47 bits per heavy atom. The molecule has 4 nitrogen and oxygen atoms in total. The second-order valence-electron chi connectivity index (χ2n) is 3.12. The third-order valence-corrected chi connectivity index (χ3v) is 2.37. The zero-order chi connectivity index (χ0) is 11.3. The van der Waals surface area contributed by atoms with Crippen molar-refractivity contribution in [3.63, 3.8) is 0 Å².